The minimum absolute atomic E-state index is 0.561. The zero-order valence-electron chi connectivity index (χ0n) is 34.7. The highest BCUT2D eigenvalue weighted by atomic mass is 32.1. The topological polar surface area (TPSA) is 8.17 Å². The van der Waals surface area contributed by atoms with Gasteiger partial charge in [-0.3, -0.25) is 0 Å². The van der Waals surface area contributed by atoms with Crippen molar-refractivity contribution in [3.63, 3.8) is 0 Å². The molecule has 2 aliphatic rings. The minimum atomic E-state index is -0.561. The lowest BCUT2D eigenvalue weighted by atomic mass is 9.65. The predicted molar refractivity (Wildman–Crippen MR) is 270 cm³/mol. The molecule has 0 saturated carbocycles. The zero-order valence-corrected chi connectivity index (χ0v) is 35.6. The van der Waals surface area contributed by atoms with Crippen LogP contribution in [0.1, 0.15) is 22.3 Å². The second kappa shape index (κ2) is 13.5. The molecule has 12 aromatic rings. The van der Waals surface area contributed by atoms with Crippen LogP contribution in [0, 0.1) is 0 Å². The van der Waals surface area contributed by atoms with E-state index in [-0.39, 0.29) is 0 Å². The Bertz CT molecular complexity index is 3860. The van der Waals surface area contributed by atoms with Crippen LogP contribution < -0.4 is 4.90 Å². The van der Waals surface area contributed by atoms with Crippen molar-refractivity contribution in [1.29, 1.82) is 0 Å². The molecule has 10 aromatic carbocycles. The quantitative estimate of drug-likeness (QED) is 0.168. The predicted octanol–water partition coefficient (Wildman–Crippen LogP) is 16.6. The molecule has 1 aliphatic carbocycles. The number of hydrogen-bond donors (Lipinski definition) is 0. The van der Waals surface area contributed by atoms with Gasteiger partial charge in [0.25, 0.3) is 0 Å². The van der Waals surface area contributed by atoms with Crippen LogP contribution in [0.4, 0.5) is 17.1 Å². The maximum Gasteiger partial charge on any atom is 0.0755 e. The molecule has 0 radical (unpaired) electrons. The van der Waals surface area contributed by atoms with Crippen molar-refractivity contribution in [1.82, 2.24) is 4.57 Å². The summed E-state index contributed by atoms with van der Waals surface area (Å²) in [5.41, 5.74) is 19.2. The molecule has 1 atom stereocenters. The summed E-state index contributed by atoms with van der Waals surface area (Å²) in [7, 11) is 0. The molecule has 0 saturated heterocycles. The molecule has 1 spiro atoms. The Labute approximate surface area is 375 Å². The van der Waals surface area contributed by atoms with E-state index in [2.05, 4.69) is 240 Å². The summed E-state index contributed by atoms with van der Waals surface area (Å²) in [5.74, 6) is 0. The number of nitrogens with zero attached hydrogens (tertiary/aromatic N) is 2. The van der Waals surface area contributed by atoms with Crippen LogP contribution >= 0.6 is 11.3 Å². The second-order valence-electron chi connectivity index (χ2n) is 17.2. The average molecular weight is 831 g/mol. The first-order chi connectivity index (χ1) is 31.8. The van der Waals surface area contributed by atoms with Gasteiger partial charge >= 0.3 is 0 Å². The third-order valence-electron chi connectivity index (χ3n) is 14.0. The minimum Gasteiger partial charge on any atom is -0.310 e. The number of para-hydroxylation sites is 4. The molecule has 3 heteroatoms. The van der Waals surface area contributed by atoms with Gasteiger partial charge in [-0.2, -0.15) is 0 Å². The van der Waals surface area contributed by atoms with Crippen LogP contribution in [-0.4, -0.2) is 4.57 Å². The molecule has 64 heavy (non-hydrogen) atoms. The van der Waals surface area contributed by atoms with Gasteiger partial charge in [0.15, 0.2) is 0 Å². The van der Waals surface area contributed by atoms with Gasteiger partial charge in [-0.25, -0.2) is 0 Å². The van der Waals surface area contributed by atoms with Crippen molar-refractivity contribution >= 4 is 70.4 Å². The van der Waals surface area contributed by atoms with E-state index >= 15 is 0 Å². The van der Waals surface area contributed by atoms with Crippen molar-refractivity contribution in [2.45, 2.75) is 5.41 Å². The highest BCUT2D eigenvalue weighted by molar-refractivity contribution is 7.25. The van der Waals surface area contributed by atoms with Crippen LogP contribution in [-0.2, 0) is 5.41 Å². The van der Waals surface area contributed by atoms with Crippen LogP contribution in [0.25, 0.3) is 81.0 Å². The van der Waals surface area contributed by atoms with Crippen molar-refractivity contribution in [2.75, 3.05) is 4.90 Å². The van der Waals surface area contributed by atoms with E-state index in [0.29, 0.717) is 0 Å². The monoisotopic (exact) mass is 830 g/mol. The maximum absolute atomic E-state index is 2.52. The van der Waals surface area contributed by atoms with E-state index in [1.807, 2.05) is 11.3 Å². The van der Waals surface area contributed by atoms with Crippen LogP contribution in [0.15, 0.2) is 231 Å². The van der Waals surface area contributed by atoms with E-state index in [9.17, 15) is 0 Å². The van der Waals surface area contributed by atoms with Crippen molar-refractivity contribution in [2.24, 2.45) is 0 Å². The summed E-state index contributed by atoms with van der Waals surface area (Å²) in [6, 6.07) is 86.0. The normalized spacial score (nSPS) is 14.6. The summed E-state index contributed by atoms with van der Waals surface area (Å²) >= 11 is 1.86. The standard InChI is InChI=1S/C61H38N2S/c1-2-15-39(16-3-1)40-29-31-41(32-30-40)44-17-5-10-25-55(44)62(42-34-36-59-50(37-42)48-20-7-13-28-58(48)64-59)43-33-35-46-45-18-4-8-22-51(45)61(54(46)38-43)52-23-9-12-27-57(52)63-56-26-11-6-19-47(56)49-21-14-24-53(61)60(49)63/h1-38H. The van der Waals surface area contributed by atoms with Crippen LogP contribution in [0.2, 0.25) is 0 Å². The maximum atomic E-state index is 2.52. The molecule has 14 rings (SSSR count). The molecule has 0 amide bonds. The average Bonchev–Trinajstić information content (AvgIpc) is 4.01. The first-order valence-electron chi connectivity index (χ1n) is 22.1. The molecule has 2 aromatic heterocycles. The summed E-state index contributed by atoms with van der Waals surface area (Å²) in [5, 5.41) is 5.13. The molecule has 1 aliphatic heterocycles. The van der Waals surface area contributed by atoms with Gasteiger partial charge < -0.3 is 9.47 Å². The van der Waals surface area contributed by atoms with E-state index in [1.165, 1.54) is 103 Å². The fourth-order valence-electron chi connectivity index (χ4n) is 11.4. The molecular weight excluding hydrogens is 793 g/mol. The lowest BCUT2D eigenvalue weighted by molar-refractivity contribution is 0.748. The summed E-state index contributed by atoms with van der Waals surface area (Å²) in [6.07, 6.45) is 0. The first-order valence-corrected chi connectivity index (χ1v) is 22.9. The van der Waals surface area contributed by atoms with Gasteiger partial charge in [-0.15, -0.1) is 11.3 Å². The third-order valence-corrected chi connectivity index (χ3v) is 15.2. The summed E-state index contributed by atoms with van der Waals surface area (Å²) in [6.45, 7) is 0. The molecule has 298 valence electrons. The van der Waals surface area contributed by atoms with Crippen LogP contribution in [0.5, 0.6) is 0 Å². The molecule has 3 heterocycles. The fourth-order valence-corrected chi connectivity index (χ4v) is 12.4. The highest BCUT2D eigenvalue weighted by Gasteiger charge is 2.51. The van der Waals surface area contributed by atoms with E-state index < -0.39 is 5.41 Å². The van der Waals surface area contributed by atoms with Gasteiger partial charge in [0, 0.05) is 47.9 Å². The summed E-state index contributed by atoms with van der Waals surface area (Å²) < 4.78 is 5.12. The van der Waals surface area contributed by atoms with Gasteiger partial charge in [-0.1, -0.05) is 176 Å². The first kappa shape index (κ1) is 35.6. The number of fused-ring (bicyclic) bond motifs is 15. The van der Waals surface area contributed by atoms with Crippen molar-refractivity contribution in [3.05, 3.63) is 253 Å². The van der Waals surface area contributed by atoms with Crippen molar-refractivity contribution < 1.29 is 0 Å². The molecule has 2 nitrogen and oxygen atoms in total. The highest BCUT2D eigenvalue weighted by Crippen LogP contribution is 2.62. The Balaban J connectivity index is 1.05. The fraction of sp³-hybridized carbons (Fsp3) is 0.0164. The number of thiophene rings is 1. The molecular formula is C61H38N2S. The van der Waals surface area contributed by atoms with E-state index in [0.717, 1.165) is 17.1 Å². The number of hydrogen-bond acceptors (Lipinski definition) is 2. The Kier molecular flexibility index (Phi) is 7.51. The largest absolute Gasteiger partial charge is 0.310 e. The smallest absolute Gasteiger partial charge is 0.0755 e. The molecule has 0 fully saturated rings. The zero-order chi connectivity index (χ0) is 41.9. The van der Waals surface area contributed by atoms with Crippen molar-refractivity contribution in [3.8, 4) is 39.1 Å². The Morgan fingerprint density at radius 1 is 0.359 bits per heavy atom. The van der Waals surface area contributed by atoms with Gasteiger partial charge in [-0.05, 0) is 105 Å². The molecule has 1 unspecified atom stereocenters. The Morgan fingerprint density at radius 2 is 0.969 bits per heavy atom. The second-order valence-corrected chi connectivity index (χ2v) is 18.3. The molecule has 0 N–H and O–H groups in total. The third kappa shape index (κ3) is 4.85. The van der Waals surface area contributed by atoms with Crippen LogP contribution in [0.3, 0.4) is 0 Å². The molecule has 0 bridgehead atoms. The summed E-state index contributed by atoms with van der Waals surface area (Å²) in [4.78, 5) is 2.51. The Morgan fingerprint density at radius 3 is 1.86 bits per heavy atom. The number of anilines is 3. The van der Waals surface area contributed by atoms with Gasteiger partial charge in [0.2, 0.25) is 0 Å². The number of aromatic nitrogens is 1. The lowest BCUT2D eigenvalue weighted by Crippen LogP contribution is -2.33. The number of benzene rings is 10. The number of rotatable bonds is 5. The lowest BCUT2D eigenvalue weighted by Gasteiger charge is -2.40. The van der Waals surface area contributed by atoms with Gasteiger partial charge in [0.05, 0.1) is 27.8 Å². The van der Waals surface area contributed by atoms with E-state index in [1.54, 1.807) is 0 Å². The van der Waals surface area contributed by atoms with E-state index in [4.69, 9.17) is 0 Å². The Hall–Kier alpha value is -7.98. The van der Waals surface area contributed by atoms with Gasteiger partial charge in [0.1, 0.15) is 0 Å². The SMILES string of the molecule is c1ccc(-c2ccc(-c3ccccc3N(c3ccc4c(c3)C3(c5ccccc5-4)c4ccccc4-n4c5ccccc5c5cccc3c54)c3ccc4sc5ccccc5c4c3)cc2)cc1.